The average molecular weight is 328 g/mol. The number of aromatic nitrogens is 1. The molecule has 2 rings (SSSR count). The second-order valence-electron chi connectivity index (χ2n) is 4.02. The van der Waals surface area contributed by atoms with Crippen LogP contribution in [0.4, 0.5) is 11.5 Å². The molecule has 0 amide bonds. The van der Waals surface area contributed by atoms with E-state index in [1.54, 1.807) is 0 Å². The van der Waals surface area contributed by atoms with Gasteiger partial charge in [-0.2, -0.15) is 4.98 Å². The molecule has 110 valence electrons. The lowest BCUT2D eigenvalue weighted by Gasteiger charge is -2.08. The summed E-state index contributed by atoms with van der Waals surface area (Å²) >= 11 is 11.7. The Hall–Kier alpha value is -2.05. The fraction of sp³-hybridized carbons (Fsp3) is 0.154. The standard InChI is InChI=1S/C13H11Cl2N3O3/c1-2-16-12-4-3-11(18(19)20)13(17-12)21-10-6-8(14)5-9(15)7-10/h3-7H,2H2,1H3,(H,16,17). The molecule has 0 atom stereocenters. The van der Waals surface area contributed by atoms with Crippen LogP contribution < -0.4 is 10.1 Å². The van der Waals surface area contributed by atoms with Crippen LogP contribution in [0.25, 0.3) is 0 Å². The number of ether oxygens (including phenoxy) is 1. The van der Waals surface area contributed by atoms with Crippen LogP contribution in [0, 0.1) is 10.1 Å². The number of nitrogens with zero attached hydrogens (tertiary/aromatic N) is 2. The third kappa shape index (κ3) is 3.96. The summed E-state index contributed by atoms with van der Waals surface area (Å²) in [6.07, 6.45) is 0. The van der Waals surface area contributed by atoms with Gasteiger partial charge in [0, 0.05) is 22.7 Å². The molecule has 6 nitrogen and oxygen atoms in total. The van der Waals surface area contributed by atoms with Gasteiger partial charge >= 0.3 is 11.6 Å². The zero-order valence-corrected chi connectivity index (χ0v) is 12.5. The minimum Gasteiger partial charge on any atom is -0.434 e. The largest absolute Gasteiger partial charge is 0.434 e. The highest BCUT2D eigenvalue weighted by Crippen LogP contribution is 2.33. The average Bonchev–Trinajstić information content (AvgIpc) is 2.37. The smallest absolute Gasteiger partial charge is 0.331 e. The van der Waals surface area contributed by atoms with Crippen LogP contribution in [-0.2, 0) is 0 Å². The van der Waals surface area contributed by atoms with Gasteiger partial charge < -0.3 is 10.1 Å². The first kappa shape index (κ1) is 15.3. The highest BCUT2D eigenvalue weighted by Gasteiger charge is 2.18. The Morgan fingerprint density at radius 1 is 1.29 bits per heavy atom. The monoisotopic (exact) mass is 327 g/mol. The van der Waals surface area contributed by atoms with Gasteiger partial charge in [-0.15, -0.1) is 0 Å². The summed E-state index contributed by atoms with van der Waals surface area (Å²) < 4.78 is 5.46. The normalized spacial score (nSPS) is 10.2. The number of benzene rings is 1. The van der Waals surface area contributed by atoms with Crippen molar-refractivity contribution >= 4 is 34.7 Å². The molecular formula is C13H11Cl2N3O3. The fourth-order valence-electron chi connectivity index (χ4n) is 1.63. The van der Waals surface area contributed by atoms with Crippen molar-refractivity contribution in [3.8, 4) is 11.6 Å². The maximum absolute atomic E-state index is 11.0. The molecule has 21 heavy (non-hydrogen) atoms. The Balaban J connectivity index is 2.40. The number of halogens is 2. The summed E-state index contributed by atoms with van der Waals surface area (Å²) in [5.41, 5.74) is -0.243. The van der Waals surface area contributed by atoms with E-state index in [-0.39, 0.29) is 17.3 Å². The van der Waals surface area contributed by atoms with Crippen molar-refractivity contribution in [3.63, 3.8) is 0 Å². The van der Waals surface area contributed by atoms with Gasteiger partial charge in [0.1, 0.15) is 11.6 Å². The Morgan fingerprint density at radius 3 is 2.52 bits per heavy atom. The molecular weight excluding hydrogens is 317 g/mol. The van der Waals surface area contributed by atoms with Crippen molar-refractivity contribution < 1.29 is 9.66 Å². The summed E-state index contributed by atoms with van der Waals surface area (Å²) in [7, 11) is 0. The van der Waals surface area contributed by atoms with Gasteiger partial charge in [-0.3, -0.25) is 10.1 Å². The van der Waals surface area contributed by atoms with Crippen molar-refractivity contribution in [3.05, 3.63) is 50.5 Å². The predicted octanol–water partition coefficient (Wildman–Crippen LogP) is 4.52. The number of nitro groups is 1. The Labute approximate surface area is 130 Å². The van der Waals surface area contributed by atoms with Crippen molar-refractivity contribution in [2.45, 2.75) is 6.92 Å². The number of hydrogen-bond donors (Lipinski definition) is 1. The molecule has 1 N–H and O–H groups in total. The van der Waals surface area contributed by atoms with Gasteiger partial charge in [-0.1, -0.05) is 23.2 Å². The van der Waals surface area contributed by atoms with Crippen LogP contribution in [-0.4, -0.2) is 16.5 Å². The zero-order valence-electron chi connectivity index (χ0n) is 11.0. The van der Waals surface area contributed by atoms with Crippen LogP contribution in [0.2, 0.25) is 10.0 Å². The van der Waals surface area contributed by atoms with E-state index in [0.717, 1.165) is 0 Å². The van der Waals surface area contributed by atoms with Crippen LogP contribution in [0.3, 0.4) is 0 Å². The molecule has 0 saturated heterocycles. The maximum Gasteiger partial charge on any atom is 0.331 e. The van der Waals surface area contributed by atoms with E-state index in [2.05, 4.69) is 10.3 Å². The van der Waals surface area contributed by atoms with E-state index in [1.807, 2.05) is 6.92 Å². The Bertz CT molecular complexity index is 659. The molecule has 0 bridgehead atoms. The molecule has 0 aliphatic heterocycles. The lowest BCUT2D eigenvalue weighted by molar-refractivity contribution is -0.386. The van der Waals surface area contributed by atoms with Crippen LogP contribution in [0.15, 0.2) is 30.3 Å². The number of pyridine rings is 1. The lowest BCUT2D eigenvalue weighted by Crippen LogP contribution is -2.02. The lowest BCUT2D eigenvalue weighted by atomic mass is 10.3. The summed E-state index contributed by atoms with van der Waals surface area (Å²) in [5.74, 6) is 0.625. The van der Waals surface area contributed by atoms with Crippen LogP contribution >= 0.6 is 23.2 Å². The van der Waals surface area contributed by atoms with E-state index >= 15 is 0 Å². The van der Waals surface area contributed by atoms with E-state index in [1.165, 1.54) is 30.3 Å². The second-order valence-corrected chi connectivity index (χ2v) is 4.89. The molecule has 0 spiro atoms. The summed E-state index contributed by atoms with van der Waals surface area (Å²) in [4.78, 5) is 14.5. The third-order valence-corrected chi connectivity index (χ3v) is 2.88. The first-order valence-electron chi connectivity index (χ1n) is 6.03. The molecule has 1 aromatic carbocycles. The fourth-order valence-corrected chi connectivity index (χ4v) is 2.13. The van der Waals surface area contributed by atoms with Gasteiger partial charge in [0.2, 0.25) is 0 Å². The van der Waals surface area contributed by atoms with E-state index in [0.29, 0.717) is 22.4 Å². The molecule has 0 fully saturated rings. The summed E-state index contributed by atoms with van der Waals surface area (Å²) in [6.45, 7) is 2.52. The van der Waals surface area contributed by atoms with Crippen molar-refractivity contribution in [1.82, 2.24) is 4.98 Å². The topological polar surface area (TPSA) is 77.3 Å². The van der Waals surface area contributed by atoms with E-state index in [9.17, 15) is 10.1 Å². The Morgan fingerprint density at radius 2 is 1.95 bits per heavy atom. The quantitative estimate of drug-likeness (QED) is 0.645. The maximum atomic E-state index is 11.0. The zero-order chi connectivity index (χ0) is 15.4. The second kappa shape index (κ2) is 6.60. The summed E-state index contributed by atoms with van der Waals surface area (Å²) in [5, 5.41) is 14.7. The molecule has 1 heterocycles. The van der Waals surface area contributed by atoms with Crippen molar-refractivity contribution in [2.75, 3.05) is 11.9 Å². The Kier molecular flexibility index (Phi) is 4.82. The summed E-state index contributed by atoms with van der Waals surface area (Å²) in [6, 6.07) is 7.37. The van der Waals surface area contributed by atoms with E-state index in [4.69, 9.17) is 27.9 Å². The third-order valence-electron chi connectivity index (χ3n) is 2.45. The van der Waals surface area contributed by atoms with Crippen LogP contribution in [0.1, 0.15) is 6.92 Å². The number of nitrogens with one attached hydrogen (secondary N) is 1. The van der Waals surface area contributed by atoms with Gasteiger partial charge in [-0.05, 0) is 31.2 Å². The molecule has 0 radical (unpaired) electrons. The first-order valence-corrected chi connectivity index (χ1v) is 6.78. The van der Waals surface area contributed by atoms with Gasteiger partial charge in [0.05, 0.1) is 4.92 Å². The SMILES string of the molecule is CCNc1ccc([N+](=O)[O-])c(Oc2cc(Cl)cc(Cl)c2)n1. The molecule has 2 aromatic rings. The predicted molar refractivity (Wildman–Crippen MR) is 81.6 cm³/mol. The molecule has 0 aliphatic rings. The minimum atomic E-state index is -0.565. The van der Waals surface area contributed by atoms with E-state index < -0.39 is 4.92 Å². The number of anilines is 1. The molecule has 0 unspecified atom stereocenters. The highest BCUT2D eigenvalue weighted by atomic mass is 35.5. The molecule has 0 aliphatic carbocycles. The first-order chi connectivity index (χ1) is 9.99. The van der Waals surface area contributed by atoms with Gasteiger partial charge in [0.15, 0.2) is 0 Å². The molecule has 0 saturated carbocycles. The number of rotatable bonds is 5. The minimum absolute atomic E-state index is 0.128. The molecule has 1 aromatic heterocycles. The van der Waals surface area contributed by atoms with Crippen molar-refractivity contribution in [2.24, 2.45) is 0 Å². The van der Waals surface area contributed by atoms with Gasteiger partial charge in [0.25, 0.3) is 0 Å². The molecule has 8 heteroatoms. The van der Waals surface area contributed by atoms with Crippen molar-refractivity contribution in [1.29, 1.82) is 0 Å². The number of hydrogen-bond acceptors (Lipinski definition) is 5. The van der Waals surface area contributed by atoms with Crippen LogP contribution in [0.5, 0.6) is 11.6 Å². The highest BCUT2D eigenvalue weighted by molar-refractivity contribution is 6.34. The van der Waals surface area contributed by atoms with Gasteiger partial charge in [-0.25, -0.2) is 0 Å².